The van der Waals surface area contributed by atoms with Crippen molar-refractivity contribution in [3.8, 4) is 0 Å². The van der Waals surface area contributed by atoms with Crippen molar-refractivity contribution < 1.29 is 4.79 Å². The van der Waals surface area contributed by atoms with Gasteiger partial charge in [0.05, 0.1) is 11.0 Å². The molecule has 0 saturated heterocycles. The molecule has 0 bridgehead atoms. The molecule has 1 heterocycles. The van der Waals surface area contributed by atoms with Crippen molar-refractivity contribution in [1.82, 2.24) is 9.97 Å². The molecule has 1 atom stereocenters. The van der Waals surface area contributed by atoms with Crippen LogP contribution in [-0.2, 0) is 4.79 Å². The molecule has 0 aliphatic heterocycles. The van der Waals surface area contributed by atoms with E-state index in [1.807, 2.05) is 37.3 Å². The maximum absolute atomic E-state index is 12.3. The van der Waals surface area contributed by atoms with Gasteiger partial charge < -0.3 is 20.6 Å². The number of imidazole rings is 1. The lowest BCUT2D eigenvalue weighted by atomic mass is 10.2. The first kappa shape index (κ1) is 14.9. The van der Waals surface area contributed by atoms with Gasteiger partial charge in [-0.2, -0.15) is 0 Å². The third-order valence-corrected chi connectivity index (χ3v) is 3.58. The highest BCUT2D eigenvalue weighted by molar-refractivity contribution is 5.96. The van der Waals surface area contributed by atoms with E-state index < -0.39 is 6.04 Å². The average molecular weight is 310 g/mol. The van der Waals surface area contributed by atoms with E-state index in [-0.39, 0.29) is 11.6 Å². The van der Waals surface area contributed by atoms with E-state index in [1.165, 1.54) is 0 Å². The maximum atomic E-state index is 12.3. The Hall–Kier alpha value is -3.02. The van der Waals surface area contributed by atoms with Crippen molar-refractivity contribution in [2.24, 2.45) is 0 Å². The summed E-state index contributed by atoms with van der Waals surface area (Å²) in [5.41, 5.74) is 3.81. The van der Waals surface area contributed by atoms with Crippen LogP contribution in [0.3, 0.4) is 0 Å². The SMILES string of the molecule is Cc1cccc(NC(=O)C(C)Nc2ccc3[nH]c(=O)[nH]c3c2)c1. The Labute approximate surface area is 132 Å². The van der Waals surface area contributed by atoms with E-state index in [4.69, 9.17) is 0 Å². The van der Waals surface area contributed by atoms with Crippen molar-refractivity contribution in [3.63, 3.8) is 0 Å². The van der Waals surface area contributed by atoms with Gasteiger partial charge in [0.1, 0.15) is 6.04 Å². The largest absolute Gasteiger partial charge is 0.374 e. The van der Waals surface area contributed by atoms with E-state index in [0.717, 1.165) is 22.5 Å². The van der Waals surface area contributed by atoms with Crippen LogP contribution in [0, 0.1) is 6.92 Å². The van der Waals surface area contributed by atoms with E-state index in [9.17, 15) is 9.59 Å². The number of benzene rings is 2. The van der Waals surface area contributed by atoms with Crippen LogP contribution in [0.1, 0.15) is 12.5 Å². The lowest BCUT2D eigenvalue weighted by molar-refractivity contribution is -0.116. The van der Waals surface area contributed by atoms with Gasteiger partial charge in [0.2, 0.25) is 5.91 Å². The highest BCUT2D eigenvalue weighted by Crippen LogP contribution is 2.16. The Morgan fingerprint density at radius 2 is 1.83 bits per heavy atom. The minimum absolute atomic E-state index is 0.127. The van der Waals surface area contributed by atoms with Crippen molar-refractivity contribution in [2.45, 2.75) is 19.9 Å². The number of carbonyl (C=O) groups is 1. The molecule has 0 spiro atoms. The maximum Gasteiger partial charge on any atom is 0.323 e. The van der Waals surface area contributed by atoms with Gasteiger partial charge in [-0.3, -0.25) is 4.79 Å². The van der Waals surface area contributed by atoms with Crippen molar-refractivity contribution in [3.05, 3.63) is 58.5 Å². The topological polar surface area (TPSA) is 89.8 Å². The van der Waals surface area contributed by atoms with Crippen molar-refractivity contribution in [2.75, 3.05) is 10.6 Å². The monoisotopic (exact) mass is 310 g/mol. The van der Waals surface area contributed by atoms with Crippen LogP contribution in [0.5, 0.6) is 0 Å². The third kappa shape index (κ3) is 3.42. The quantitative estimate of drug-likeness (QED) is 0.597. The molecule has 2 aromatic carbocycles. The van der Waals surface area contributed by atoms with Gasteiger partial charge in [-0.15, -0.1) is 0 Å². The summed E-state index contributed by atoms with van der Waals surface area (Å²) in [6, 6.07) is 12.6. The van der Waals surface area contributed by atoms with Gasteiger partial charge in [0, 0.05) is 11.4 Å². The van der Waals surface area contributed by atoms with Gasteiger partial charge in [-0.25, -0.2) is 4.79 Å². The summed E-state index contributed by atoms with van der Waals surface area (Å²) in [7, 11) is 0. The van der Waals surface area contributed by atoms with Crippen LogP contribution >= 0.6 is 0 Å². The Bertz CT molecular complexity index is 910. The molecule has 118 valence electrons. The number of rotatable bonds is 4. The molecule has 6 nitrogen and oxygen atoms in total. The highest BCUT2D eigenvalue weighted by atomic mass is 16.2. The first-order valence-corrected chi connectivity index (χ1v) is 7.37. The van der Waals surface area contributed by atoms with Crippen molar-refractivity contribution in [1.29, 1.82) is 0 Å². The highest BCUT2D eigenvalue weighted by Gasteiger charge is 2.13. The van der Waals surface area contributed by atoms with Gasteiger partial charge >= 0.3 is 5.69 Å². The predicted molar refractivity (Wildman–Crippen MR) is 91.8 cm³/mol. The molecule has 0 aliphatic rings. The molecule has 6 heteroatoms. The molecule has 0 aliphatic carbocycles. The normalized spacial score (nSPS) is 12.1. The summed E-state index contributed by atoms with van der Waals surface area (Å²) in [5, 5.41) is 6.01. The number of amides is 1. The molecule has 1 unspecified atom stereocenters. The zero-order valence-corrected chi connectivity index (χ0v) is 12.9. The van der Waals surface area contributed by atoms with Crippen LogP contribution in [0.2, 0.25) is 0 Å². The lowest BCUT2D eigenvalue weighted by Gasteiger charge is -2.15. The Balaban J connectivity index is 1.70. The molecule has 3 rings (SSSR count). The molecular weight excluding hydrogens is 292 g/mol. The van der Waals surface area contributed by atoms with E-state index in [0.29, 0.717) is 5.52 Å². The number of hydrogen-bond donors (Lipinski definition) is 4. The standard InChI is InChI=1S/C17H18N4O2/c1-10-4-3-5-12(8-10)19-16(22)11(2)18-13-6-7-14-15(9-13)21-17(23)20-14/h3-9,11,18H,1-2H3,(H,19,22)(H2,20,21,23). The van der Waals surface area contributed by atoms with Crippen LogP contribution in [0.15, 0.2) is 47.3 Å². The number of carbonyl (C=O) groups excluding carboxylic acids is 1. The molecule has 1 amide bonds. The fourth-order valence-corrected chi connectivity index (χ4v) is 2.41. The Morgan fingerprint density at radius 3 is 2.61 bits per heavy atom. The van der Waals surface area contributed by atoms with Gasteiger partial charge in [0.25, 0.3) is 0 Å². The van der Waals surface area contributed by atoms with Crippen LogP contribution in [0.25, 0.3) is 11.0 Å². The second-order valence-electron chi connectivity index (χ2n) is 5.56. The summed E-state index contributed by atoms with van der Waals surface area (Å²) in [4.78, 5) is 28.9. The van der Waals surface area contributed by atoms with Crippen LogP contribution in [0.4, 0.5) is 11.4 Å². The molecule has 0 fully saturated rings. The Morgan fingerprint density at radius 1 is 1.04 bits per heavy atom. The number of fused-ring (bicyclic) bond motifs is 1. The van der Waals surface area contributed by atoms with E-state index >= 15 is 0 Å². The van der Waals surface area contributed by atoms with E-state index in [2.05, 4.69) is 20.6 Å². The summed E-state index contributed by atoms with van der Waals surface area (Å²) < 4.78 is 0. The minimum Gasteiger partial charge on any atom is -0.374 e. The van der Waals surface area contributed by atoms with Crippen molar-refractivity contribution >= 4 is 28.3 Å². The second kappa shape index (κ2) is 6.00. The number of aromatic amines is 2. The number of aryl methyl sites for hydroxylation is 1. The molecule has 0 saturated carbocycles. The molecule has 3 aromatic rings. The fourth-order valence-electron chi connectivity index (χ4n) is 2.41. The summed E-state index contributed by atoms with van der Waals surface area (Å²) in [6.45, 7) is 3.76. The summed E-state index contributed by atoms with van der Waals surface area (Å²) in [5.74, 6) is -0.127. The Kier molecular flexibility index (Phi) is 3.89. The smallest absolute Gasteiger partial charge is 0.323 e. The molecule has 0 radical (unpaired) electrons. The number of anilines is 2. The lowest BCUT2D eigenvalue weighted by Crippen LogP contribution is -2.31. The number of hydrogen-bond acceptors (Lipinski definition) is 3. The molecule has 23 heavy (non-hydrogen) atoms. The first-order valence-electron chi connectivity index (χ1n) is 7.37. The molecule has 1 aromatic heterocycles. The predicted octanol–water partition coefficient (Wildman–Crippen LogP) is 2.60. The zero-order valence-electron chi connectivity index (χ0n) is 12.9. The summed E-state index contributed by atoms with van der Waals surface area (Å²) >= 11 is 0. The minimum atomic E-state index is -0.418. The number of nitrogens with one attached hydrogen (secondary N) is 4. The van der Waals surface area contributed by atoms with Crippen LogP contribution < -0.4 is 16.3 Å². The van der Waals surface area contributed by atoms with Gasteiger partial charge in [0.15, 0.2) is 0 Å². The number of aromatic nitrogens is 2. The zero-order chi connectivity index (χ0) is 16.4. The molecule has 4 N–H and O–H groups in total. The molecular formula is C17H18N4O2. The van der Waals surface area contributed by atoms with Gasteiger partial charge in [-0.05, 0) is 49.7 Å². The van der Waals surface area contributed by atoms with Gasteiger partial charge in [-0.1, -0.05) is 12.1 Å². The average Bonchev–Trinajstić information content (AvgIpc) is 2.86. The third-order valence-electron chi connectivity index (χ3n) is 3.58. The second-order valence-corrected chi connectivity index (χ2v) is 5.56. The fraction of sp³-hybridized carbons (Fsp3) is 0.176. The first-order chi connectivity index (χ1) is 11.0. The van der Waals surface area contributed by atoms with E-state index in [1.54, 1.807) is 19.1 Å². The summed E-state index contributed by atoms with van der Waals surface area (Å²) in [6.07, 6.45) is 0. The van der Waals surface area contributed by atoms with Crippen LogP contribution in [-0.4, -0.2) is 21.9 Å². The number of H-pyrrole nitrogens is 2.